The Bertz CT molecular complexity index is 1810. The summed E-state index contributed by atoms with van der Waals surface area (Å²) in [5.41, 5.74) is -1.52. The average Bonchev–Trinajstić information content (AvgIpc) is 4.01. The number of rotatable bonds is 9. The Balaban J connectivity index is 1.34. The summed E-state index contributed by atoms with van der Waals surface area (Å²) in [6.45, 7) is 6.31. The summed E-state index contributed by atoms with van der Waals surface area (Å²) < 4.78 is 39.8. The molecule has 2 aliphatic carbocycles. The summed E-state index contributed by atoms with van der Waals surface area (Å²) in [5, 5.41) is 16.0. The quantitative estimate of drug-likeness (QED) is 0.278. The molecule has 0 bridgehead atoms. The van der Waals surface area contributed by atoms with Crippen molar-refractivity contribution >= 4 is 44.6 Å². The number of nitrogens with zero attached hydrogens (tertiary/aromatic N) is 2. The molecule has 1 aromatic heterocycles. The van der Waals surface area contributed by atoms with E-state index in [4.69, 9.17) is 9.47 Å². The first-order chi connectivity index (χ1) is 24.3. The summed E-state index contributed by atoms with van der Waals surface area (Å²) in [5.74, 6) is -1.70. The van der Waals surface area contributed by atoms with Gasteiger partial charge in [-0.1, -0.05) is 32.4 Å². The molecule has 4 N–H and O–H groups in total. The minimum Gasteiger partial charge on any atom is -0.494 e. The fourth-order valence-electron chi connectivity index (χ4n) is 7.49. The summed E-state index contributed by atoms with van der Waals surface area (Å²) in [6, 6.07) is 5.04. The van der Waals surface area contributed by atoms with Crippen LogP contribution in [0.4, 0.5) is 4.79 Å². The molecule has 14 nitrogen and oxygen atoms in total. The van der Waals surface area contributed by atoms with E-state index in [0.29, 0.717) is 55.7 Å². The standard InChI is InChI=1S/C36H47N5O9S/c1-4-22-16-21(3)8-6-7-9-24-19-36(24,34(44)40-51(47,48)27-11-12-27)39-31(42)29-18-26(20-41(29)33(43)30(22)38-35(45)46)50-32-28-13-10-25(49-5-2)17-23(28)14-15-37-32/h7,9-10,13-15,17,21-22,24,26-27,29-30,38H,4-6,8,11-12,16,18-20H2,1-3H3,(H,39,42)(H,40,44)(H,45,46)/t21-,22+,24+,26+,29-,30-,36+/m0/s1. The number of hydrogen-bond acceptors (Lipinski definition) is 9. The van der Waals surface area contributed by atoms with Gasteiger partial charge in [-0.15, -0.1) is 0 Å². The van der Waals surface area contributed by atoms with Crippen LogP contribution in [0.2, 0.25) is 0 Å². The van der Waals surface area contributed by atoms with E-state index in [-0.39, 0.29) is 31.2 Å². The number of fused-ring (bicyclic) bond motifs is 3. The lowest BCUT2D eigenvalue weighted by atomic mass is 9.85. The number of sulfonamides is 1. The van der Waals surface area contributed by atoms with Crippen molar-refractivity contribution < 1.29 is 42.2 Å². The second-order valence-electron chi connectivity index (χ2n) is 14.3. The van der Waals surface area contributed by atoms with Gasteiger partial charge in [-0.25, -0.2) is 18.2 Å². The van der Waals surface area contributed by atoms with Crippen LogP contribution in [-0.4, -0.2) is 89.4 Å². The van der Waals surface area contributed by atoms with Gasteiger partial charge < -0.3 is 30.1 Å². The van der Waals surface area contributed by atoms with Crippen LogP contribution >= 0.6 is 0 Å². The van der Waals surface area contributed by atoms with Gasteiger partial charge in [0.15, 0.2) is 0 Å². The van der Waals surface area contributed by atoms with Gasteiger partial charge in [-0.3, -0.25) is 19.1 Å². The van der Waals surface area contributed by atoms with Crippen LogP contribution in [0, 0.1) is 17.8 Å². The van der Waals surface area contributed by atoms with Gasteiger partial charge in [0.2, 0.25) is 27.7 Å². The Morgan fingerprint density at radius 3 is 2.63 bits per heavy atom. The molecule has 0 spiro atoms. The molecule has 2 saturated carbocycles. The second-order valence-corrected chi connectivity index (χ2v) is 16.3. The summed E-state index contributed by atoms with van der Waals surface area (Å²) in [6.07, 6.45) is 6.98. The van der Waals surface area contributed by atoms with Gasteiger partial charge in [0, 0.05) is 23.9 Å². The van der Waals surface area contributed by atoms with E-state index in [1.165, 1.54) is 4.90 Å². The summed E-state index contributed by atoms with van der Waals surface area (Å²) in [7, 11) is -3.90. The van der Waals surface area contributed by atoms with Crippen LogP contribution in [0.25, 0.3) is 10.8 Å². The van der Waals surface area contributed by atoms with E-state index >= 15 is 0 Å². The number of carbonyl (C=O) groups excluding carboxylic acids is 3. The van der Waals surface area contributed by atoms with Crippen LogP contribution < -0.4 is 24.8 Å². The highest BCUT2D eigenvalue weighted by molar-refractivity contribution is 7.91. The Kier molecular flexibility index (Phi) is 10.5. The fraction of sp³-hybridized carbons (Fsp3) is 0.583. The lowest BCUT2D eigenvalue weighted by molar-refractivity contribution is -0.142. The second kappa shape index (κ2) is 14.7. The third-order valence-corrected chi connectivity index (χ3v) is 12.4. The van der Waals surface area contributed by atoms with E-state index in [0.717, 1.165) is 11.8 Å². The molecule has 2 aliphatic heterocycles. The predicted octanol–water partition coefficient (Wildman–Crippen LogP) is 3.50. The average molecular weight is 726 g/mol. The predicted molar refractivity (Wildman–Crippen MR) is 187 cm³/mol. The van der Waals surface area contributed by atoms with Gasteiger partial charge in [0.25, 0.3) is 5.91 Å². The zero-order chi connectivity index (χ0) is 36.5. The Hall–Kier alpha value is -4.40. The fourth-order valence-corrected chi connectivity index (χ4v) is 8.85. The molecule has 3 heterocycles. The third-order valence-electron chi connectivity index (χ3n) is 10.5. The molecule has 0 unspecified atom stereocenters. The molecule has 0 radical (unpaired) electrons. The summed E-state index contributed by atoms with van der Waals surface area (Å²) in [4.78, 5) is 60.3. The molecule has 15 heteroatoms. The highest BCUT2D eigenvalue weighted by Gasteiger charge is 2.62. The van der Waals surface area contributed by atoms with E-state index in [1.807, 2.05) is 44.2 Å². The maximum atomic E-state index is 14.5. The molecule has 6 rings (SSSR count). The Morgan fingerprint density at radius 2 is 1.92 bits per heavy atom. The number of allylic oxidation sites excluding steroid dienone is 1. The molecule has 1 aromatic carbocycles. The number of hydrogen-bond donors (Lipinski definition) is 4. The van der Waals surface area contributed by atoms with Gasteiger partial charge in [0.1, 0.15) is 29.5 Å². The number of nitrogens with one attached hydrogen (secondary N) is 3. The van der Waals surface area contributed by atoms with Crippen molar-refractivity contribution in [3.05, 3.63) is 42.6 Å². The monoisotopic (exact) mass is 725 g/mol. The highest BCUT2D eigenvalue weighted by Crippen LogP contribution is 2.46. The largest absolute Gasteiger partial charge is 0.494 e. The maximum Gasteiger partial charge on any atom is 0.405 e. The van der Waals surface area contributed by atoms with Crippen molar-refractivity contribution in [1.82, 2.24) is 25.2 Å². The van der Waals surface area contributed by atoms with E-state index in [9.17, 15) is 32.7 Å². The third kappa shape index (κ3) is 7.92. The molecule has 1 saturated heterocycles. The topological polar surface area (TPSA) is 193 Å². The molecular formula is C36H47N5O9S. The number of pyridine rings is 1. The van der Waals surface area contributed by atoms with Gasteiger partial charge >= 0.3 is 6.09 Å². The minimum atomic E-state index is -3.90. The molecular weight excluding hydrogens is 678 g/mol. The number of aromatic nitrogens is 1. The van der Waals surface area contributed by atoms with Crippen LogP contribution in [-0.2, 0) is 24.4 Å². The van der Waals surface area contributed by atoms with E-state index in [2.05, 4.69) is 27.3 Å². The van der Waals surface area contributed by atoms with Crippen LogP contribution in [0.1, 0.15) is 72.1 Å². The molecule has 276 valence electrons. The van der Waals surface area contributed by atoms with Crippen molar-refractivity contribution in [2.24, 2.45) is 17.8 Å². The van der Waals surface area contributed by atoms with E-state index < -0.39 is 68.7 Å². The zero-order valence-corrected chi connectivity index (χ0v) is 30.0. The number of carbonyl (C=O) groups is 4. The Morgan fingerprint density at radius 1 is 1.14 bits per heavy atom. The van der Waals surface area contributed by atoms with E-state index in [1.54, 1.807) is 12.3 Å². The van der Waals surface area contributed by atoms with Gasteiger partial charge in [-0.05, 0) is 86.9 Å². The smallest absolute Gasteiger partial charge is 0.405 e. The van der Waals surface area contributed by atoms with Crippen molar-refractivity contribution in [3.8, 4) is 11.6 Å². The Labute approximate surface area is 297 Å². The number of carboxylic acid groups (broad SMARTS) is 1. The first kappa shape index (κ1) is 36.4. The molecule has 4 aliphatic rings. The van der Waals surface area contributed by atoms with Crippen LogP contribution in [0.3, 0.4) is 0 Å². The molecule has 2 aromatic rings. The first-order valence-corrected chi connectivity index (χ1v) is 19.4. The normalized spacial score (nSPS) is 29.9. The number of ether oxygens (including phenoxy) is 2. The number of amides is 4. The molecule has 4 amide bonds. The SMILES string of the molecule is CCOc1ccc2c(O[C@@H]3C[C@H]4C(=O)N[C@]5(C(=O)NS(=O)(=O)C6CC6)C[C@H]5C=CCC[C@H](C)C[C@@H](CC)[C@H](NC(=O)O)C(=O)N4C3)nccc2c1. The molecule has 7 atom stereocenters. The van der Waals surface area contributed by atoms with Crippen molar-refractivity contribution in [3.63, 3.8) is 0 Å². The van der Waals surface area contributed by atoms with Crippen molar-refractivity contribution in [1.29, 1.82) is 0 Å². The van der Waals surface area contributed by atoms with Gasteiger partial charge in [-0.2, -0.15) is 0 Å². The maximum absolute atomic E-state index is 14.5. The highest BCUT2D eigenvalue weighted by atomic mass is 32.2. The number of benzene rings is 1. The van der Waals surface area contributed by atoms with Crippen LogP contribution in [0.5, 0.6) is 11.6 Å². The lowest BCUT2D eigenvalue weighted by Gasteiger charge is -2.33. The first-order valence-electron chi connectivity index (χ1n) is 17.9. The minimum absolute atomic E-state index is 0.0260. The summed E-state index contributed by atoms with van der Waals surface area (Å²) >= 11 is 0. The van der Waals surface area contributed by atoms with Crippen molar-refractivity contribution in [2.75, 3.05) is 13.2 Å². The molecule has 51 heavy (non-hydrogen) atoms. The lowest BCUT2D eigenvalue weighted by Crippen LogP contribution is -2.59. The van der Waals surface area contributed by atoms with Crippen LogP contribution in [0.15, 0.2) is 42.6 Å². The van der Waals surface area contributed by atoms with Gasteiger partial charge in [0.05, 0.1) is 18.4 Å². The molecule has 3 fully saturated rings. The zero-order valence-electron chi connectivity index (χ0n) is 29.2. The van der Waals surface area contributed by atoms with Crippen molar-refractivity contribution in [2.45, 2.75) is 101 Å².